The van der Waals surface area contributed by atoms with E-state index in [0.29, 0.717) is 12.8 Å². The third-order valence-electron chi connectivity index (χ3n) is 4.94. The Hall–Kier alpha value is -2.80. The van der Waals surface area contributed by atoms with E-state index in [1.165, 1.54) is 0 Å². The van der Waals surface area contributed by atoms with Crippen LogP contribution in [0.5, 0.6) is 11.5 Å². The summed E-state index contributed by atoms with van der Waals surface area (Å²) < 4.78 is 10.7. The van der Waals surface area contributed by atoms with Crippen LogP contribution < -0.4 is 19.7 Å². The van der Waals surface area contributed by atoms with Gasteiger partial charge >= 0.3 is 0 Å². The zero-order valence-corrected chi connectivity index (χ0v) is 15.5. The van der Waals surface area contributed by atoms with E-state index in [1.54, 1.807) is 6.20 Å². The van der Waals surface area contributed by atoms with Gasteiger partial charge < -0.3 is 24.6 Å². The molecule has 3 heterocycles. The number of piperazine rings is 1. The van der Waals surface area contributed by atoms with Crippen LogP contribution in [-0.2, 0) is 11.2 Å². The molecule has 2 aliphatic heterocycles. The normalized spacial score (nSPS) is 16.4. The number of hydrogen-bond donors (Lipinski definition) is 1. The van der Waals surface area contributed by atoms with Gasteiger partial charge in [0.15, 0.2) is 11.5 Å². The van der Waals surface area contributed by atoms with Crippen molar-refractivity contribution in [3.8, 4) is 11.5 Å². The van der Waals surface area contributed by atoms with Crippen molar-refractivity contribution < 1.29 is 14.3 Å². The summed E-state index contributed by atoms with van der Waals surface area (Å²) in [5.41, 5.74) is 1.78. The van der Waals surface area contributed by atoms with Crippen LogP contribution in [0.2, 0.25) is 0 Å². The largest absolute Gasteiger partial charge is 0.454 e. The maximum atomic E-state index is 12.2. The summed E-state index contributed by atoms with van der Waals surface area (Å²) in [6.45, 7) is 4.30. The van der Waals surface area contributed by atoms with Crippen molar-refractivity contribution in [1.82, 2.24) is 9.88 Å². The Bertz CT molecular complexity index is 801. The highest BCUT2D eigenvalue weighted by molar-refractivity contribution is 5.90. The van der Waals surface area contributed by atoms with E-state index < -0.39 is 0 Å². The predicted molar refractivity (Wildman–Crippen MR) is 103 cm³/mol. The van der Waals surface area contributed by atoms with E-state index >= 15 is 0 Å². The van der Waals surface area contributed by atoms with E-state index in [1.807, 2.05) is 30.3 Å². The second-order valence-corrected chi connectivity index (χ2v) is 6.93. The molecule has 1 aromatic carbocycles. The van der Waals surface area contributed by atoms with Gasteiger partial charge in [0.2, 0.25) is 12.7 Å². The number of aryl methyl sites for hydroxylation is 1. The quantitative estimate of drug-likeness (QED) is 0.872. The number of nitrogens with zero attached hydrogens (tertiary/aromatic N) is 3. The van der Waals surface area contributed by atoms with Crippen molar-refractivity contribution in [2.24, 2.45) is 0 Å². The fourth-order valence-corrected chi connectivity index (χ4v) is 3.26. The van der Waals surface area contributed by atoms with Gasteiger partial charge in [0.1, 0.15) is 5.82 Å². The number of amides is 1. The van der Waals surface area contributed by atoms with Crippen LogP contribution in [0.1, 0.15) is 12.0 Å². The molecule has 1 N–H and O–H groups in total. The summed E-state index contributed by atoms with van der Waals surface area (Å²) in [4.78, 5) is 21.3. The summed E-state index contributed by atoms with van der Waals surface area (Å²) >= 11 is 0. The van der Waals surface area contributed by atoms with Gasteiger partial charge in [0, 0.05) is 32.6 Å². The molecule has 0 saturated carbocycles. The number of likely N-dealkylation sites (N-methyl/N-ethyl adjacent to an activating group) is 1. The number of nitrogens with one attached hydrogen (secondary N) is 1. The van der Waals surface area contributed by atoms with Crippen LogP contribution in [-0.4, -0.2) is 55.8 Å². The van der Waals surface area contributed by atoms with E-state index in [0.717, 1.165) is 54.7 Å². The van der Waals surface area contributed by atoms with Gasteiger partial charge in [-0.3, -0.25) is 4.79 Å². The van der Waals surface area contributed by atoms with Gasteiger partial charge in [-0.15, -0.1) is 0 Å². The first-order valence-corrected chi connectivity index (χ1v) is 9.25. The Morgan fingerprint density at radius 1 is 1.11 bits per heavy atom. The third kappa shape index (κ3) is 4.31. The molecule has 1 aromatic heterocycles. The number of ether oxygens (including phenoxy) is 2. The van der Waals surface area contributed by atoms with Crippen LogP contribution in [0.4, 0.5) is 11.5 Å². The number of rotatable bonds is 5. The lowest BCUT2D eigenvalue weighted by atomic mass is 10.1. The number of hydrogen-bond acceptors (Lipinski definition) is 6. The van der Waals surface area contributed by atoms with Crippen LogP contribution in [0.25, 0.3) is 0 Å². The number of fused-ring (bicyclic) bond motifs is 1. The molecular formula is C20H24N4O3. The average Bonchev–Trinajstić information content (AvgIpc) is 3.15. The van der Waals surface area contributed by atoms with Gasteiger partial charge in [0.25, 0.3) is 0 Å². The summed E-state index contributed by atoms with van der Waals surface area (Å²) in [6, 6.07) is 9.67. The maximum Gasteiger partial charge on any atom is 0.231 e. The van der Waals surface area contributed by atoms with E-state index in [2.05, 4.69) is 27.1 Å². The second-order valence-electron chi connectivity index (χ2n) is 6.93. The van der Waals surface area contributed by atoms with Gasteiger partial charge in [-0.2, -0.15) is 0 Å². The molecule has 0 aliphatic carbocycles. The zero-order valence-electron chi connectivity index (χ0n) is 15.5. The molecule has 7 nitrogen and oxygen atoms in total. The molecular weight excluding hydrogens is 344 g/mol. The highest BCUT2D eigenvalue weighted by Gasteiger charge is 2.16. The van der Waals surface area contributed by atoms with Crippen molar-refractivity contribution in [2.45, 2.75) is 12.8 Å². The average molecular weight is 368 g/mol. The molecule has 1 amide bonds. The van der Waals surface area contributed by atoms with Crippen LogP contribution in [0.3, 0.4) is 0 Å². The number of benzene rings is 1. The standard InChI is InChI=1S/C20H24N4O3/c1-23-8-10-24(11-9-23)19-6-4-16(13-21-19)22-20(25)7-3-15-2-5-17-18(12-15)27-14-26-17/h2,4-6,12-13H,3,7-11,14H2,1H3,(H,22,25). The third-order valence-corrected chi connectivity index (χ3v) is 4.94. The fraction of sp³-hybridized carbons (Fsp3) is 0.400. The Kier molecular flexibility index (Phi) is 5.11. The number of carbonyl (C=O) groups excluding carboxylic acids is 1. The molecule has 0 atom stereocenters. The number of pyridine rings is 1. The lowest BCUT2D eigenvalue weighted by molar-refractivity contribution is -0.116. The van der Waals surface area contributed by atoms with E-state index in [-0.39, 0.29) is 12.7 Å². The monoisotopic (exact) mass is 368 g/mol. The molecule has 1 saturated heterocycles. The number of aromatic nitrogens is 1. The SMILES string of the molecule is CN1CCN(c2ccc(NC(=O)CCc3ccc4c(c3)OCO4)cn2)CC1. The Morgan fingerprint density at radius 2 is 1.93 bits per heavy atom. The van der Waals surface area contributed by atoms with E-state index in [4.69, 9.17) is 9.47 Å². The second kappa shape index (κ2) is 7.84. The lowest BCUT2D eigenvalue weighted by Crippen LogP contribution is -2.44. The van der Waals surface area contributed by atoms with Crippen LogP contribution in [0, 0.1) is 0 Å². The molecule has 0 spiro atoms. The van der Waals surface area contributed by atoms with Crippen molar-refractivity contribution in [3.63, 3.8) is 0 Å². The van der Waals surface area contributed by atoms with E-state index in [9.17, 15) is 4.79 Å². The molecule has 2 aromatic rings. The van der Waals surface area contributed by atoms with Crippen molar-refractivity contribution in [1.29, 1.82) is 0 Å². The maximum absolute atomic E-state index is 12.2. The molecule has 1 fully saturated rings. The molecule has 7 heteroatoms. The minimum Gasteiger partial charge on any atom is -0.454 e. The molecule has 142 valence electrons. The Morgan fingerprint density at radius 3 is 2.70 bits per heavy atom. The topological polar surface area (TPSA) is 66.9 Å². The molecule has 2 aliphatic rings. The summed E-state index contributed by atoms with van der Waals surface area (Å²) in [6.07, 6.45) is 2.78. The first-order valence-electron chi connectivity index (χ1n) is 9.25. The summed E-state index contributed by atoms with van der Waals surface area (Å²) in [7, 11) is 2.13. The minimum absolute atomic E-state index is 0.0261. The first-order chi connectivity index (χ1) is 13.2. The lowest BCUT2D eigenvalue weighted by Gasteiger charge is -2.33. The Labute approximate surface area is 158 Å². The Balaban J connectivity index is 1.28. The van der Waals surface area contributed by atoms with Crippen molar-refractivity contribution in [3.05, 3.63) is 42.1 Å². The molecule has 0 radical (unpaired) electrons. The molecule has 0 bridgehead atoms. The summed E-state index contributed by atoms with van der Waals surface area (Å²) in [5.74, 6) is 2.44. The zero-order chi connectivity index (χ0) is 18.6. The number of carbonyl (C=O) groups is 1. The van der Waals surface area contributed by atoms with Gasteiger partial charge in [-0.05, 0) is 43.3 Å². The van der Waals surface area contributed by atoms with Crippen LogP contribution >= 0.6 is 0 Å². The predicted octanol–water partition coefficient (Wildman–Crippen LogP) is 2.13. The summed E-state index contributed by atoms with van der Waals surface area (Å²) in [5, 5.41) is 2.92. The van der Waals surface area contributed by atoms with Crippen molar-refractivity contribution in [2.75, 3.05) is 50.2 Å². The van der Waals surface area contributed by atoms with Gasteiger partial charge in [-0.25, -0.2) is 4.98 Å². The fourth-order valence-electron chi connectivity index (χ4n) is 3.26. The molecule has 27 heavy (non-hydrogen) atoms. The highest BCUT2D eigenvalue weighted by atomic mass is 16.7. The smallest absolute Gasteiger partial charge is 0.231 e. The molecule has 4 rings (SSSR count). The highest BCUT2D eigenvalue weighted by Crippen LogP contribution is 2.32. The minimum atomic E-state index is -0.0261. The number of anilines is 2. The van der Waals surface area contributed by atoms with Crippen molar-refractivity contribution >= 4 is 17.4 Å². The molecule has 0 unspecified atom stereocenters. The van der Waals surface area contributed by atoms with Crippen LogP contribution in [0.15, 0.2) is 36.5 Å². The van der Waals surface area contributed by atoms with Gasteiger partial charge in [0.05, 0.1) is 11.9 Å². The van der Waals surface area contributed by atoms with Gasteiger partial charge in [-0.1, -0.05) is 6.07 Å². The first kappa shape index (κ1) is 17.6.